The maximum Gasteiger partial charge on any atom is 0.128 e. The summed E-state index contributed by atoms with van der Waals surface area (Å²) in [6.45, 7) is 4.80. The number of ether oxygens (including phenoxy) is 1. The van der Waals surface area contributed by atoms with Gasteiger partial charge in [0, 0.05) is 18.8 Å². The molecule has 0 fully saturated rings. The summed E-state index contributed by atoms with van der Waals surface area (Å²) >= 11 is 0. The lowest BCUT2D eigenvalue weighted by Crippen LogP contribution is -2.24. The van der Waals surface area contributed by atoms with Crippen LogP contribution in [-0.2, 0) is 4.74 Å². The average molecular weight is 227 g/mol. The van der Waals surface area contributed by atoms with Crippen molar-refractivity contribution in [3.63, 3.8) is 0 Å². The van der Waals surface area contributed by atoms with E-state index in [1.165, 1.54) is 6.07 Å². The molecule has 0 aliphatic carbocycles. The van der Waals surface area contributed by atoms with Crippen molar-refractivity contribution in [3.05, 3.63) is 29.6 Å². The van der Waals surface area contributed by atoms with E-state index in [-0.39, 0.29) is 12.4 Å². The molecule has 0 saturated carbocycles. The van der Waals surface area contributed by atoms with Gasteiger partial charge >= 0.3 is 0 Å². The molecule has 1 aromatic carbocycles. The number of nitrogens with one attached hydrogen (secondary N) is 1. The van der Waals surface area contributed by atoms with Gasteiger partial charge in [-0.1, -0.05) is 6.07 Å². The molecule has 0 saturated heterocycles. The van der Waals surface area contributed by atoms with Crippen LogP contribution >= 0.6 is 0 Å². The molecule has 0 heterocycles. The first-order valence-electron chi connectivity index (χ1n) is 5.39. The molecule has 0 aliphatic heterocycles. The molecule has 1 aromatic rings. The molecule has 0 amide bonds. The van der Waals surface area contributed by atoms with Crippen molar-refractivity contribution >= 4 is 5.69 Å². The fraction of sp³-hybridized carbons (Fsp3) is 0.500. The zero-order chi connectivity index (χ0) is 12.0. The Balaban J connectivity index is 2.39. The van der Waals surface area contributed by atoms with Crippen molar-refractivity contribution < 1.29 is 14.2 Å². The Labute approximate surface area is 95.2 Å². The smallest absolute Gasteiger partial charge is 0.128 e. The van der Waals surface area contributed by atoms with Crippen molar-refractivity contribution in [2.45, 2.75) is 20.0 Å². The van der Waals surface area contributed by atoms with Crippen molar-refractivity contribution in [2.24, 2.45) is 0 Å². The predicted octanol–water partition coefficient (Wildman–Crippen LogP) is 1.94. The summed E-state index contributed by atoms with van der Waals surface area (Å²) in [5.41, 5.74) is 1.28. The summed E-state index contributed by atoms with van der Waals surface area (Å²) in [7, 11) is 0. The second-order valence-electron chi connectivity index (χ2n) is 3.66. The summed E-state index contributed by atoms with van der Waals surface area (Å²) < 4.78 is 18.2. The van der Waals surface area contributed by atoms with Gasteiger partial charge in [0.1, 0.15) is 5.82 Å². The molecule has 0 bridgehead atoms. The van der Waals surface area contributed by atoms with Gasteiger partial charge in [-0.2, -0.15) is 0 Å². The van der Waals surface area contributed by atoms with E-state index < -0.39 is 6.10 Å². The van der Waals surface area contributed by atoms with Crippen LogP contribution < -0.4 is 5.32 Å². The molecule has 1 rings (SSSR count). The van der Waals surface area contributed by atoms with E-state index in [0.717, 1.165) is 0 Å². The number of hydrogen-bond donors (Lipinski definition) is 2. The summed E-state index contributed by atoms with van der Waals surface area (Å²) in [4.78, 5) is 0. The summed E-state index contributed by atoms with van der Waals surface area (Å²) in [5.74, 6) is -0.246. The van der Waals surface area contributed by atoms with E-state index in [2.05, 4.69) is 5.32 Å². The van der Waals surface area contributed by atoms with E-state index >= 15 is 0 Å². The number of rotatable bonds is 6. The standard InChI is InChI=1S/C12H18FNO2/c1-3-16-8-11(15)7-14-10-5-4-9(2)12(13)6-10/h4-6,11,14-15H,3,7-8H2,1-2H3. The zero-order valence-electron chi connectivity index (χ0n) is 9.66. The molecule has 2 N–H and O–H groups in total. The van der Waals surface area contributed by atoms with Gasteiger partial charge in [0.05, 0.1) is 12.7 Å². The van der Waals surface area contributed by atoms with Crippen LogP contribution in [0.3, 0.4) is 0 Å². The van der Waals surface area contributed by atoms with Gasteiger partial charge in [-0.3, -0.25) is 0 Å². The molecule has 0 spiro atoms. The number of hydrogen-bond acceptors (Lipinski definition) is 3. The Morgan fingerprint density at radius 1 is 1.50 bits per heavy atom. The fourth-order valence-electron chi connectivity index (χ4n) is 1.25. The highest BCUT2D eigenvalue weighted by Crippen LogP contribution is 2.13. The molecule has 1 atom stereocenters. The number of aliphatic hydroxyl groups is 1. The van der Waals surface area contributed by atoms with Crippen molar-refractivity contribution in [1.29, 1.82) is 0 Å². The van der Waals surface area contributed by atoms with Crippen LogP contribution in [0.4, 0.5) is 10.1 Å². The number of anilines is 1. The highest BCUT2D eigenvalue weighted by molar-refractivity contribution is 5.45. The third-order valence-corrected chi connectivity index (χ3v) is 2.23. The minimum Gasteiger partial charge on any atom is -0.389 e. The maximum absolute atomic E-state index is 13.2. The average Bonchev–Trinajstić information content (AvgIpc) is 2.28. The van der Waals surface area contributed by atoms with Crippen LogP contribution in [0.5, 0.6) is 0 Å². The first kappa shape index (κ1) is 12.9. The molecule has 4 heteroatoms. The molecular weight excluding hydrogens is 209 g/mol. The van der Waals surface area contributed by atoms with Gasteiger partial charge < -0.3 is 15.2 Å². The van der Waals surface area contributed by atoms with Gasteiger partial charge in [-0.15, -0.1) is 0 Å². The van der Waals surface area contributed by atoms with Gasteiger partial charge in [0.25, 0.3) is 0 Å². The monoisotopic (exact) mass is 227 g/mol. The van der Waals surface area contributed by atoms with Crippen molar-refractivity contribution in [3.8, 4) is 0 Å². The Morgan fingerprint density at radius 3 is 2.88 bits per heavy atom. The highest BCUT2D eigenvalue weighted by Gasteiger charge is 2.04. The van der Waals surface area contributed by atoms with Crippen LogP contribution in [0.25, 0.3) is 0 Å². The summed E-state index contributed by atoms with van der Waals surface area (Å²) in [6, 6.07) is 4.90. The highest BCUT2D eigenvalue weighted by atomic mass is 19.1. The third-order valence-electron chi connectivity index (χ3n) is 2.23. The van der Waals surface area contributed by atoms with Gasteiger partial charge in [-0.25, -0.2) is 4.39 Å². The minimum atomic E-state index is -0.579. The second-order valence-corrected chi connectivity index (χ2v) is 3.66. The zero-order valence-corrected chi connectivity index (χ0v) is 9.66. The van der Waals surface area contributed by atoms with E-state index in [1.54, 1.807) is 19.1 Å². The second kappa shape index (κ2) is 6.45. The Kier molecular flexibility index (Phi) is 5.22. The van der Waals surface area contributed by atoms with Gasteiger partial charge in [-0.05, 0) is 31.5 Å². The molecular formula is C12H18FNO2. The quantitative estimate of drug-likeness (QED) is 0.780. The number of halogens is 1. The molecule has 16 heavy (non-hydrogen) atoms. The normalized spacial score (nSPS) is 12.5. The third kappa shape index (κ3) is 4.16. The van der Waals surface area contributed by atoms with Crippen molar-refractivity contribution in [1.82, 2.24) is 0 Å². The van der Waals surface area contributed by atoms with Gasteiger partial charge in [0.15, 0.2) is 0 Å². The number of benzene rings is 1. The first-order valence-corrected chi connectivity index (χ1v) is 5.39. The van der Waals surface area contributed by atoms with E-state index in [0.29, 0.717) is 24.4 Å². The summed E-state index contributed by atoms with van der Waals surface area (Å²) in [6.07, 6.45) is -0.579. The fourth-order valence-corrected chi connectivity index (χ4v) is 1.25. The van der Waals surface area contributed by atoms with Crippen LogP contribution in [0.15, 0.2) is 18.2 Å². The molecule has 0 aromatic heterocycles. The molecule has 1 unspecified atom stereocenters. The summed E-state index contributed by atoms with van der Waals surface area (Å²) in [5, 5.41) is 12.4. The first-order chi connectivity index (χ1) is 7.63. The van der Waals surface area contributed by atoms with Crippen LogP contribution in [0, 0.1) is 12.7 Å². The maximum atomic E-state index is 13.2. The largest absolute Gasteiger partial charge is 0.389 e. The molecule has 90 valence electrons. The van der Waals surface area contributed by atoms with Crippen molar-refractivity contribution in [2.75, 3.05) is 25.1 Å². The van der Waals surface area contributed by atoms with Crippen LogP contribution in [0.2, 0.25) is 0 Å². The lowest BCUT2D eigenvalue weighted by Gasteiger charge is -2.12. The lowest BCUT2D eigenvalue weighted by molar-refractivity contribution is 0.0496. The SMILES string of the molecule is CCOCC(O)CNc1ccc(C)c(F)c1. The topological polar surface area (TPSA) is 41.5 Å². The predicted molar refractivity (Wildman–Crippen MR) is 62.1 cm³/mol. The van der Waals surface area contributed by atoms with E-state index in [1.807, 2.05) is 6.92 Å². The Morgan fingerprint density at radius 2 is 2.25 bits per heavy atom. The number of aliphatic hydroxyl groups excluding tert-OH is 1. The Hall–Kier alpha value is -1.13. The van der Waals surface area contributed by atoms with Gasteiger partial charge in [0.2, 0.25) is 0 Å². The molecule has 0 radical (unpaired) electrons. The molecule has 0 aliphatic rings. The number of aryl methyl sites for hydroxylation is 1. The Bertz CT molecular complexity index is 331. The van der Waals surface area contributed by atoms with Crippen LogP contribution in [-0.4, -0.2) is 31.0 Å². The lowest BCUT2D eigenvalue weighted by atomic mass is 10.2. The van der Waals surface area contributed by atoms with E-state index in [9.17, 15) is 9.50 Å². The minimum absolute atomic E-state index is 0.246. The molecule has 3 nitrogen and oxygen atoms in total. The van der Waals surface area contributed by atoms with Crippen LogP contribution in [0.1, 0.15) is 12.5 Å². The van der Waals surface area contributed by atoms with E-state index in [4.69, 9.17) is 4.74 Å².